The van der Waals surface area contributed by atoms with Gasteiger partial charge >= 0.3 is 0 Å². The van der Waals surface area contributed by atoms with Gasteiger partial charge in [-0.2, -0.15) is 0 Å². The van der Waals surface area contributed by atoms with Crippen molar-refractivity contribution in [3.8, 4) is 0 Å². The summed E-state index contributed by atoms with van der Waals surface area (Å²) >= 11 is 0. The van der Waals surface area contributed by atoms with Crippen LogP contribution in [-0.2, 0) is 22.4 Å². The predicted molar refractivity (Wildman–Crippen MR) is 125 cm³/mol. The van der Waals surface area contributed by atoms with Crippen molar-refractivity contribution >= 4 is 22.7 Å². The molecule has 0 aliphatic heterocycles. The molecular formula is C25H32N4O2. The fraction of sp³-hybridized carbons (Fsp3) is 0.360. The maximum Gasteiger partial charge on any atom is 0.242 e. The van der Waals surface area contributed by atoms with E-state index in [2.05, 4.69) is 51.7 Å². The minimum Gasteiger partial charge on any atom is -0.361 e. The number of aromatic nitrogens is 1. The van der Waals surface area contributed by atoms with Gasteiger partial charge in [0.05, 0.1) is 6.04 Å². The van der Waals surface area contributed by atoms with Gasteiger partial charge in [0.1, 0.15) is 6.04 Å². The van der Waals surface area contributed by atoms with Gasteiger partial charge in [0.25, 0.3) is 0 Å². The largest absolute Gasteiger partial charge is 0.361 e. The van der Waals surface area contributed by atoms with Crippen LogP contribution >= 0.6 is 0 Å². The third kappa shape index (κ3) is 5.73. The zero-order valence-electron chi connectivity index (χ0n) is 18.7. The molecule has 2 amide bonds. The Morgan fingerprint density at radius 1 is 1.06 bits per heavy atom. The van der Waals surface area contributed by atoms with Gasteiger partial charge in [-0.3, -0.25) is 9.59 Å². The van der Waals surface area contributed by atoms with Crippen molar-refractivity contribution in [1.82, 2.24) is 20.5 Å². The molecular weight excluding hydrogens is 388 g/mol. The number of H-pyrrole nitrogens is 1. The molecule has 0 saturated carbocycles. The second-order valence-corrected chi connectivity index (χ2v) is 8.14. The number of hydrogen-bond donors (Lipinski definition) is 3. The van der Waals surface area contributed by atoms with Crippen molar-refractivity contribution < 1.29 is 9.59 Å². The number of aryl methyl sites for hydroxylation is 1. The molecule has 0 spiro atoms. The summed E-state index contributed by atoms with van der Waals surface area (Å²) in [5.41, 5.74) is 4.46. The van der Waals surface area contributed by atoms with Gasteiger partial charge in [-0.05, 0) is 43.3 Å². The number of rotatable bonds is 9. The summed E-state index contributed by atoms with van der Waals surface area (Å²) < 4.78 is 0. The van der Waals surface area contributed by atoms with Crippen LogP contribution in [0, 0.1) is 0 Å². The lowest BCUT2D eigenvalue weighted by atomic mass is 10.0. The lowest BCUT2D eigenvalue weighted by Gasteiger charge is -2.26. The molecule has 0 saturated heterocycles. The lowest BCUT2D eigenvalue weighted by molar-refractivity contribution is -0.128. The Hall–Kier alpha value is -3.12. The van der Waals surface area contributed by atoms with Crippen LogP contribution in [0.1, 0.15) is 36.6 Å². The molecule has 0 unspecified atom stereocenters. The van der Waals surface area contributed by atoms with E-state index in [1.807, 2.05) is 44.6 Å². The van der Waals surface area contributed by atoms with E-state index < -0.39 is 6.04 Å². The smallest absolute Gasteiger partial charge is 0.242 e. The minimum atomic E-state index is -0.637. The molecule has 6 heteroatoms. The quantitative estimate of drug-likeness (QED) is 0.498. The third-order valence-corrected chi connectivity index (χ3v) is 5.66. The molecule has 2 aromatic carbocycles. The molecule has 31 heavy (non-hydrogen) atoms. The number of carbonyl (C=O) groups is 2. The number of carbonyl (C=O) groups excluding carboxylic acids is 2. The Balaban J connectivity index is 1.72. The number of fused-ring (bicyclic) bond motifs is 1. The number of aromatic amines is 1. The zero-order valence-corrected chi connectivity index (χ0v) is 18.7. The summed E-state index contributed by atoms with van der Waals surface area (Å²) in [6.07, 6.45) is 3.33. The van der Waals surface area contributed by atoms with Crippen molar-refractivity contribution in [2.45, 2.75) is 38.8 Å². The predicted octanol–water partition coefficient (Wildman–Crippen LogP) is 3.20. The molecule has 3 N–H and O–H groups in total. The molecule has 2 atom stereocenters. The van der Waals surface area contributed by atoms with Crippen molar-refractivity contribution in [3.63, 3.8) is 0 Å². The first-order valence-corrected chi connectivity index (χ1v) is 10.7. The molecule has 0 bridgehead atoms. The first-order valence-electron chi connectivity index (χ1n) is 10.7. The molecule has 1 aromatic heterocycles. The van der Waals surface area contributed by atoms with E-state index in [1.165, 1.54) is 12.5 Å². The van der Waals surface area contributed by atoms with Crippen molar-refractivity contribution in [1.29, 1.82) is 0 Å². The second kappa shape index (κ2) is 10.3. The van der Waals surface area contributed by atoms with Gasteiger partial charge in [-0.25, -0.2) is 0 Å². The van der Waals surface area contributed by atoms with E-state index >= 15 is 0 Å². The standard InChI is InChI=1S/C25H32N4O2/c1-5-18-10-12-19(13-11-18)24(29(3)4)16-27-25(31)23(28-17(2)30)14-20-15-26-22-9-7-6-8-21(20)22/h6-13,15,23-24,26H,5,14,16H2,1-4H3,(H,27,31)(H,28,30)/t23-,24-/m0/s1. The highest BCUT2D eigenvalue weighted by molar-refractivity contribution is 5.89. The Morgan fingerprint density at radius 2 is 1.77 bits per heavy atom. The number of amides is 2. The van der Waals surface area contributed by atoms with Crippen LogP contribution in [0.4, 0.5) is 0 Å². The summed E-state index contributed by atoms with van der Waals surface area (Å²) in [7, 11) is 4.00. The fourth-order valence-corrected chi connectivity index (χ4v) is 3.87. The lowest BCUT2D eigenvalue weighted by Crippen LogP contribution is -2.49. The normalized spacial score (nSPS) is 13.2. The summed E-state index contributed by atoms with van der Waals surface area (Å²) in [5, 5.41) is 6.93. The summed E-state index contributed by atoms with van der Waals surface area (Å²) in [4.78, 5) is 30.1. The monoisotopic (exact) mass is 420 g/mol. The third-order valence-electron chi connectivity index (χ3n) is 5.66. The summed E-state index contributed by atoms with van der Waals surface area (Å²) in [6, 6.07) is 15.9. The van der Waals surface area contributed by atoms with Crippen LogP contribution < -0.4 is 10.6 Å². The highest BCUT2D eigenvalue weighted by Crippen LogP contribution is 2.20. The van der Waals surface area contributed by atoms with E-state index in [1.54, 1.807) is 0 Å². The van der Waals surface area contributed by atoms with Gasteiger partial charge in [0, 0.05) is 37.0 Å². The molecule has 3 aromatic rings. The van der Waals surface area contributed by atoms with Crippen molar-refractivity contribution in [2.24, 2.45) is 0 Å². The molecule has 0 radical (unpaired) electrons. The first kappa shape index (κ1) is 22.6. The number of nitrogens with one attached hydrogen (secondary N) is 3. The van der Waals surface area contributed by atoms with E-state index in [0.717, 1.165) is 28.5 Å². The van der Waals surface area contributed by atoms with Crippen LogP contribution in [-0.4, -0.2) is 48.4 Å². The highest BCUT2D eigenvalue weighted by Gasteiger charge is 2.23. The molecule has 0 aliphatic carbocycles. The number of likely N-dealkylation sites (N-methyl/N-ethyl adjacent to an activating group) is 1. The van der Waals surface area contributed by atoms with Gasteiger partial charge in [-0.15, -0.1) is 0 Å². The van der Waals surface area contributed by atoms with Gasteiger partial charge < -0.3 is 20.5 Å². The molecule has 6 nitrogen and oxygen atoms in total. The van der Waals surface area contributed by atoms with Crippen LogP contribution in [0.3, 0.4) is 0 Å². The van der Waals surface area contributed by atoms with Crippen molar-refractivity contribution in [3.05, 3.63) is 71.4 Å². The van der Waals surface area contributed by atoms with E-state index in [-0.39, 0.29) is 17.9 Å². The minimum absolute atomic E-state index is 0.0425. The van der Waals surface area contributed by atoms with Crippen LogP contribution in [0.5, 0.6) is 0 Å². The second-order valence-electron chi connectivity index (χ2n) is 8.14. The van der Waals surface area contributed by atoms with E-state index in [9.17, 15) is 9.59 Å². The molecule has 164 valence electrons. The maximum atomic E-state index is 13.0. The maximum absolute atomic E-state index is 13.0. The molecule has 1 heterocycles. The van der Waals surface area contributed by atoms with Gasteiger partial charge in [0.2, 0.25) is 11.8 Å². The van der Waals surface area contributed by atoms with Crippen LogP contribution in [0.25, 0.3) is 10.9 Å². The first-order chi connectivity index (χ1) is 14.9. The number of benzene rings is 2. The number of para-hydroxylation sites is 1. The average molecular weight is 421 g/mol. The fourth-order valence-electron chi connectivity index (χ4n) is 3.87. The Labute approximate surface area is 184 Å². The van der Waals surface area contributed by atoms with Gasteiger partial charge in [0.15, 0.2) is 0 Å². The van der Waals surface area contributed by atoms with Crippen LogP contribution in [0.15, 0.2) is 54.7 Å². The Bertz CT molecular complexity index is 1020. The average Bonchev–Trinajstić information content (AvgIpc) is 3.16. The highest BCUT2D eigenvalue weighted by atomic mass is 16.2. The SMILES string of the molecule is CCc1ccc([C@H](CNC(=O)[C@H](Cc2c[nH]c3ccccc23)NC(C)=O)N(C)C)cc1. The summed E-state index contributed by atoms with van der Waals surface area (Å²) in [5.74, 6) is -0.406. The molecule has 0 fully saturated rings. The van der Waals surface area contributed by atoms with E-state index in [0.29, 0.717) is 13.0 Å². The molecule has 0 aliphatic rings. The topological polar surface area (TPSA) is 77.2 Å². The zero-order chi connectivity index (χ0) is 22.4. The molecule has 3 rings (SSSR count). The Morgan fingerprint density at radius 3 is 2.42 bits per heavy atom. The number of hydrogen-bond acceptors (Lipinski definition) is 3. The van der Waals surface area contributed by atoms with Crippen molar-refractivity contribution in [2.75, 3.05) is 20.6 Å². The summed E-state index contributed by atoms with van der Waals surface area (Å²) in [6.45, 7) is 4.03. The Kier molecular flexibility index (Phi) is 7.47. The number of nitrogens with zero attached hydrogens (tertiary/aromatic N) is 1. The van der Waals surface area contributed by atoms with Gasteiger partial charge in [-0.1, -0.05) is 49.4 Å². The van der Waals surface area contributed by atoms with Crippen LogP contribution in [0.2, 0.25) is 0 Å². The van der Waals surface area contributed by atoms with E-state index in [4.69, 9.17) is 0 Å².